The molecule has 0 saturated carbocycles. The highest BCUT2D eigenvalue weighted by Gasteiger charge is 2.23. The van der Waals surface area contributed by atoms with E-state index in [9.17, 15) is 0 Å². The summed E-state index contributed by atoms with van der Waals surface area (Å²) in [6.45, 7) is 9.11. The fraction of sp³-hybridized carbons (Fsp3) is 0.706. The van der Waals surface area contributed by atoms with E-state index in [-0.39, 0.29) is 0 Å². The smallest absolute Gasteiger partial charge is 0.223 e. The molecule has 1 saturated heterocycles. The SMILES string of the molecule is CCN(Cc1noc(C)n1)[C@H]1CCCN(Cc2cncn2C)CC1. The van der Waals surface area contributed by atoms with E-state index in [1.807, 2.05) is 19.4 Å². The van der Waals surface area contributed by atoms with Crippen LogP contribution in [0.15, 0.2) is 17.0 Å². The van der Waals surface area contributed by atoms with Crippen LogP contribution in [0.4, 0.5) is 0 Å². The molecular formula is C17H28N6O. The average molecular weight is 332 g/mol. The van der Waals surface area contributed by atoms with E-state index in [1.165, 1.54) is 25.0 Å². The van der Waals surface area contributed by atoms with Crippen LogP contribution in [0.3, 0.4) is 0 Å². The number of hydrogen-bond acceptors (Lipinski definition) is 6. The Bertz CT molecular complexity index is 637. The normalized spacial score (nSPS) is 19.8. The van der Waals surface area contributed by atoms with Crippen molar-refractivity contribution in [1.82, 2.24) is 29.5 Å². The van der Waals surface area contributed by atoms with Gasteiger partial charge in [-0.2, -0.15) is 4.98 Å². The first-order chi connectivity index (χ1) is 11.7. The summed E-state index contributed by atoms with van der Waals surface area (Å²) in [4.78, 5) is 13.6. The predicted molar refractivity (Wildman–Crippen MR) is 91.2 cm³/mol. The van der Waals surface area contributed by atoms with Crippen LogP contribution in [-0.4, -0.2) is 55.2 Å². The summed E-state index contributed by atoms with van der Waals surface area (Å²) in [5.41, 5.74) is 1.28. The molecule has 1 aliphatic rings. The summed E-state index contributed by atoms with van der Waals surface area (Å²) in [6, 6.07) is 0.588. The minimum Gasteiger partial charge on any atom is -0.340 e. The monoisotopic (exact) mass is 332 g/mol. The molecule has 0 N–H and O–H groups in total. The second kappa shape index (κ2) is 7.90. The molecule has 0 unspecified atom stereocenters. The molecule has 1 fully saturated rings. The van der Waals surface area contributed by atoms with Crippen molar-refractivity contribution >= 4 is 0 Å². The second-order valence-corrected chi connectivity index (χ2v) is 6.65. The number of likely N-dealkylation sites (tertiary alicyclic amines) is 1. The molecule has 3 rings (SSSR count). The van der Waals surface area contributed by atoms with Crippen molar-refractivity contribution in [3.05, 3.63) is 29.9 Å². The lowest BCUT2D eigenvalue weighted by molar-refractivity contribution is 0.170. The van der Waals surface area contributed by atoms with Gasteiger partial charge in [-0.05, 0) is 32.4 Å². The molecule has 7 heteroatoms. The minimum absolute atomic E-state index is 0.588. The lowest BCUT2D eigenvalue weighted by Crippen LogP contribution is -2.36. The molecule has 2 aromatic rings. The van der Waals surface area contributed by atoms with Crippen molar-refractivity contribution in [3.8, 4) is 0 Å². The van der Waals surface area contributed by atoms with Crippen molar-refractivity contribution in [2.45, 2.75) is 52.2 Å². The highest BCUT2D eigenvalue weighted by molar-refractivity contribution is 4.97. The van der Waals surface area contributed by atoms with Gasteiger partial charge >= 0.3 is 0 Å². The lowest BCUT2D eigenvalue weighted by atomic mass is 10.1. The first kappa shape index (κ1) is 17.1. The zero-order valence-corrected chi connectivity index (χ0v) is 15.0. The minimum atomic E-state index is 0.588. The number of imidazole rings is 1. The van der Waals surface area contributed by atoms with Crippen molar-refractivity contribution in [3.63, 3.8) is 0 Å². The van der Waals surface area contributed by atoms with Crippen molar-refractivity contribution in [1.29, 1.82) is 0 Å². The Labute approximate surface area is 143 Å². The zero-order valence-electron chi connectivity index (χ0n) is 15.0. The Morgan fingerprint density at radius 3 is 2.88 bits per heavy atom. The van der Waals surface area contributed by atoms with Gasteiger partial charge in [0.15, 0.2) is 5.82 Å². The standard InChI is InChI=1S/C17H28N6O/c1-4-23(12-17-19-14(2)24-20-17)15-6-5-8-22(9-7-15)11-16-10-18-13-21(16)3/h10,13,15H,4-9,11-12H2,1-3H3/t15-/m0/s1. The first-order valence-electron chi connectivity index (χ1n) is 8.86. The van der Waals surface area contributed by atoms with Crippen molar-refractivity contribution < 1.29 is 4.52 Å². The van der Waals surface area contributed by atoms with Crippen LogP contribution in [0.25, 0.3) is 0 Å². The van der Waals surface area contributed by atoms with Crippen LogP contribution in [-0.2, 0) is 20.1 Å². The Morgan fingerprint density at radius 1 is 1.33 bits per heavy atom. The second-order valence-electron chi connectivity index (χ2n) is 6.65. The summed E-state index contributed by atoms with van der Waals surface area (Å²) >= 11 is 0. The highest BCUT2D eigenvalue weighted by Crippen LogP contribution is 2.19. The van der Waals surface area contributed by atoms with Gasteiger partial charge in [-0.1, -0.05) is 12.1 Å². The van der Waals surface area contributed by atoms with Gasteiger partial charge < -0.3 is 9.09 Å². The molecule has 0 radical (unpaired) electrons. The maximum Gasteiger partial charge on any atom is 0.223 e. The predicted octanol–water partition coefficient (Wildman–Crippen LogP) is 1.99. The quantitative estimate of drug-likeness (QED) is 0.806. The number of hydrogen-bond donors (Lipinski definition) is 0. The Hall–Kier alpha value is -1.73. The van der Waals surface area contributed by atoms with E-state index in [0.29, 0.717) is 11.9 Å². The van der Waals surface area contributed by atoms with E-state index in [1.54, 1.807) is 0 Å². The van der Waals surface area contributed by atoms with Crippen molar-refractivity contribution in [2.75, 3.05) is 19.6 Å². The molecule has 0 aliphatic carbocycles. The van der Waals surface area contributed by atoms with Crippen LogP contribution < -0.4 is 0 Å². The zero-order chi connectivity index (χ0) is 16.9. The maximum atomic E-state index is 5.10. The Kier molecular flexibility index (Phi) is 5.63. The molecule has 3 heterocycles. The van der Waals surface area contributed by atoms with E-state index < -0.39 is 0 Å². The molecule has 132 valence electrons. The van der Waals surface area contributed by atoms with Gasteiger partial charge in [0.05, 0.1) is 18.6 Å². The molecule has 24 heavy (non-hydrogen) atoms. The number of rotatable bonds is 6. The third kappa shape index (κ3) is 4.21. The fourth-order valence-electron chi connectivity index (χ4n) is 3.51. The van der Waals surface area contributed by atoms with Crippen LogP contribution in [0.2, 0.25) is 0 Å². The van der Waals surface area contributed by atoms with Crippen LogP contribution in [0.1, 0.15) is 43.6 Å². The van der Waals surface area contributed by atoms with Crippen LogP contribution >= 0.6 is 0 Å². The third-order valence-corrected chi connectivity index (χ3v) is 4.93. The molecule has 0 spiro atoms. The summed E-state index contributed by atoms with van der Waals surface area (Å²) in [5, 5.41) is 4.05. The largest absolute Gasteiger partial charge is 0.340 e. The van der Waals surface area contributed by atoms with E-state index in [2.05, 4.69) is 43.5 Å². The number of aromatic nitrogens is 4. The van der Waals surface area contributed by atoms with Gasteiger partial charge in [-0.15, -0.1) is 0 Å². The molecule has 0 amide bonds. The Balaban J connectivity index is 1.56. The molecule has 2 aromatic heterocycles. The van der Waals surface area contributed by atoms with Crippen LogP contribution in [0, 0.1) is 6.92 Å². The van der Waals surface area contributed by atoms with Gasteiger partial charge in [0, 0.05) is 39.3 Å². The highest BCUT2D eigenvalue weighted by atomic mass is 16.5. The number of nitrogens with zero attached hydrogens (tertiary/aromatic N) is 6. The summed E-state index contributed by atoms with van der Waals surface area (Å²) in [5.74, 6) is 1.44. The van der Waals surface area contributed by atoms with Crippen LogP contribution in [0.5, 0.6) is 0 Å². The van der Waals surface area contributed by atoms with E-state index in [4.69, 9.17) is 4.52 Å². The first-order valence-corrected chi connectivity index (χ1v) is 8.86. The van der Waals surface area contributed by atoms with Gasteiger partial charge in [0.2, 0.25) is 5.89 Å². The third-order valence-electron chi connectivity index (χ3n) is 4.93. The molecule has 1 atom stereocenters. The lowest BCUT2D eigenvalue weighted by Gasteiger charge is -2.29. The van der Waals surface area contributed by atoms with Gasteiger partial charge in [-0.3, -0.25) is 9.80 Å². The molecular weight excluding hydrogens is 304 g/mol. The molecule has 0 bridgehead atoms. The van der Waals surface area contributed by atoms with E-state index in [0.717, 1.165) is 38.5 Å². The van der Waals surface area contributed by atoms with E-state index >= 15 is 0 Å². The Morgan fingerprint density at radius 2 is 2.21 bits per heavy atom. The average Bonchev–Trinajstić information content (AvgIpc) is 3.08. The maximum absolute atomic E-state index is 5.10. The van der Waals surface area contributed by atoms with Gasteiger partial charge in [0.25, 0.3) is 0 Å². The molecule has 1 aliphatic heterocycles. The molecule has 0 aromatic carbocycles. The molecule has 7 nitrogen and oxygen atoms in total. The van der Waals surface area contributed by atoms with Gasteiger partial charge in [-0.25, -0.2) is 4.98 Å². The fourth-order valence-corrected chi connectivity index (χ4v) is 3.51. The van der Waals surface area contributed by atoms with Gasteiger partial charge in [0.1, 0.15) is 0 Å². The van der Waals surface area contributed by atoms with Crippen molar-refractivity contribution in [2.24, 2.45) is 7.05 Å². The summed E-state index contributed by atoms with van der Waals surface area (Å²) in [7, 11) is 2.06. The summed E-state index contributed by atoms with van der Waals surface area (Å²) in [6.07, 6.45) is 7.49. The summed E-state index contributed by atoms with van der Waals surface area (Å²) < 4.78 is 7.22. The number of aryl methyl sites for hydroxylation is 2. The topological polar surface area (TPSA) is 63.2 Å².